The smallest absolute Gasteiger partial charge is 0.343 e. The summed E-state index contributed by atoms with van der Waals surface area (Å²) in [5.74, 6) is -2.67. The van der Waals surface area contributed by atoms with Gasteiger partial charge < -0.3 is 14.8 Å². The standard InChI is InChI=1S/C23H18FN3O5/c1-31-17-12-10-15(11-13-17)23(30)32-20-9-5-2-6-16(20)14-25-27-22(29)21(28)26-19-8-4-3-7-18(19)24/h2-14H,1H3,(H,26,28)(H,27,29)/b25-14+. The minimum atomic E-state index is -1.10. The molecule has 0 heterocycles. The van der Waals surface area contributed by atoms with Crippen molar-refractivity contribution in [1.82, 2.24) is 5.43 Å². The number of hydrogen-bond donors (Lipinski definition) is 2. The number of amides is 2. The minimum absolute atomic E-state index is 0.132. The lowest BCUT2D eigenvalue weighted by atomic mass is 10.2. The van der Waals surface area contributed by atoms with Crippen LogP contribution in [0.25, 0.3) is 0 Å². The van der Waals surface area contributed by atoms with Gasteiger partial charge in [-0.2, -0.15) is 5.10 Å². The fraction of sp³-hybridized carbons (Fsp3) is 0.0435. The van der Waals surface area contributed by atoms with Gasteiger partial charge in [0.15, 0.2) is 0 Å². The van der Waals surface area contributed by atoms with Crippen LogP contribution in [0.2, 0.25) is 0 Å². The first-order valence-electron chi connectivity index (χ1n) is 9.32. The van der Waals surface area contributed by atoms with Crippen molar-refractivity contribution in [2.75, 3.05) is 12.4 Å². The lowest BCUT2D eigenvalue weighted by molar-refractivity contribution is -0.136. The Labute approximate surface area is 182 Å². The second-order valence-corrected chi connectivity index (χ2v) is 6.29. The summed E-state index contributed by atoms with van der Waals surface area (Å²) in [6, 6.07) is 18.3. The number of halogens is 1. The SMILES string of the molecule is COc1ccc(C(=O)Oc2ccccc2/C=N/NC(=O)C(=O)Nc2ccccc2F)cc1. The highest BCUT2D eigenvalue weighted by atomic mass is 19.1. The van der Waals surface area contributed by atoms with Crippen LogP contribution in [-0.4, -0.2) is 31.1 Å². The maximum absolute atomic E-state index is 13.6. The van der Waals surface area contributed by atoms with E-state index in [1.165, 1.54) is 31.5 Å². The molecule has 2 amide bonds. The number of esters is 1. The summed E-state index contributed by atoms with van der Waals surface area (Å²) in [5, 5.41) is 5.85. The van der Waals surface area contributed by atoms with E-state index in [0.717, 1.165) is 6.07 Å². The molecule has 0 bridgehead atoms. The molecule has 0 aliphatic heterocycles. The lowest BCUT2D eigenvalue weighted by Crippen LogP contribution is -2.32. The summed E-state index contributed by atoms with van der Waals surface area (Å²) in [6.45, 7) is 0. The third-order valence-corrected chi connectivity index (χ3v) is 4.15. The van der Waals surface area contributed by atoms with Gasteiger partial charge in [0.1, 0.15) is 17.3 Å². The number of benzene rings is 3. The number of nitrogens with zero attached hydrogens (tertiary/aromatic N) is 1. The number of hydrogen-bond acceptors (Lipinski definition) is 6. The quantitative estimate of drug-likeness (QED) is 0.203. The van der Waals surface area contributed by atoms with E-state index in [-0.39, 0.29) is 11.4 Å². The minimum Gasteiger partial charge on any atom is -0.497 e. The maximum atomic E-state index is 13.6. The van der Waals surface area contributed by atoms with Gasteiger partial charge in [-0.05, 0) is 48.5 Å². The zero-order valence-corrected chi connectivity index (χ0v) is 16.9. The van der Waals surface area contributed by atoms with Crippen molar-refractivity contribution >= 4 is 29.7 Å². The zero-order valence-electron chi connectivity index (χ0n) is 16.9. The third kappa shape index (κ3) is 5.76. The Bertz CT molecular complexity index is 1160. The summed E-state index contributed by atoms with van der Waals surface area (Å²) in [5.41, 5.74) is 2.60. The summed E-state index contributed by atoms with van der Waals surface area (Å²) >= 11 is 0. The first kappa shape index (κ1) is 22.2. The normalized spacial score (nSPS) is 10.4. The van der Waals surface area contributed by atoms with Gasteiger partial charge in [0, 0.05) is 5.56 Å². The van der Waals surface area contributed by atoms with Crippen LogP contribution in [0.4, 0.5) is 10.1 Å². The van der Waals surface area contributed by atoms with Crippen molar-refractivity contribution in [1.29, 1.82) is 0 Å². The maximum Gasteiger partial charge on any atom is 0.343 e. The Hall–Kier alpha value is -4.53. The third-order valence-electron chi connectivity index (χ3n) is 4.15. The summed E-state index contributed by atoms with van der Waals surface area (Å²) < 4.78 is 24.0. The summed E-state index contributed by atoms with van der Waals surface area (Å²) in [7, 11) is 1.52. The fourth-order valence-electron chi connectivity index (χ4n) is 2.52. The summed E-state index contributed by atoms with van der Waals surface area (Å²) in [6.07, 6.45) is 1.21. The van der Waals surface area contributed by atoms with Crippen LogP contribution in [0.3, 0.4) is 0 Å². The highest BCUT2D eigenvalue weighted by Crippen LogP contribution is 2.19. The molecule has 3 rings (SSSR count). The molecule has 0 atom stereocenters. The molecule has 0 radical (unpaired) electrons. The van der Waals surface area contributed by atoms with Gasteiger partial charge in [-0.25, -0.2) is 14.6 Å². The molecule has 162 valence electrons. The van der Waals surface area contributed by atoms with Crippen molar-refractivity contribution in [2.45, 2.75) is 0 Å². The average Bonchev–Trinajstić information content (AvgIpc) is 2.81. The molecular weight excluding hydrogens is 417 g/mol. The van der Waals surface area contributed by atoms with Gasteiger partial charge in [0.25, 0.3) is 0 Å². The second kappa shape index (κ2) is 10.5. The molecule has 0 saturated carbocycles. The van der Waals surface area contributed by atoms with E-state index in [1.54, 1.807) is 48.5 Å². The summed E-state index contributed by atoms with van der Waals surface area (Å²) in [4.78, 5) is 36.2. The Kier molecular flexibility index (Phi) is 7.26. The van der Waals surface area contributed by atoms with E-state index in [9.17, 15) is 18.8 Å². The molecule has 9 heteroatoms. The molecule has 2 N–H and O–H groups in total. The van der Waals surface area contributed by atoms with Crippen LogP contribution in [-0.2, 0) is 9.59 Å². The number of carbonyl (C=O) groups is 3. The number of methoxy groups -OCH3 is 1. The topological polar surface area (TPSA) is 106 Å². The zero-order chi connectivity index (χ0) is 22.9. The molecule has 0 spiro atoms. The molecule has 32 heavy (non-hydrogen) atoms. The van der Waals surface area contributed by atoms with Crippen LogP contribution in [0.15, 0.2) is 77.9 Å². The monoisotopic (exact) mass is 435 g/mol. The van der Waals surface area contributed by atoms with Crippen LogP contribution < -0.4 is 20.2 Å². The molecule has 0 fully saturated rings. The number of carbonyl (C=O) groups excluding carboxylic acids is 3. The van der Waals surface area contributed by atoms with Crippen molar-refractivity contribution in [3.63, 3.8) is 0 Å². The van der Waals surface area contributed by atoms with Crippen molar-refractivity contribution in [3.8, 4) is 11.5 Å². The molecule has 3 aromatic rings. The van der Waals surface area contributed by atoms with E-state index in [2.05, 4.69) is 10.4 Å². The van der Waals surface area contributed by atoms with Crippen molar-refractivity contribution in [3.05, 3.63) is 89.7 Å². The Morgan fingerprint density at radius 3 is 2.31 bits per heavy atom. The first-order valence-corrected chi connectivity index (χ1v) is 9.32. The molecule has 0 aromatic heterocycles. The predicted octanol–water partition coefficient (Wildman–Crippen LogP) is 3.14. The average molecular weight is 435 g/mol. The molecular formula is C23H18FN3O5. The molecule has 0 aliphatic rings. The van der Waals surface area contributed by atoms with Crippen molar-refractivity contribution in [2.24, 2.45) is 5.10 Å². The van der Waals surface area contributed by atoms with Gasteiger partial charge in [-0.15, -0.1) is 0 Å². The van der Waals surface area contributed by atoms with Gasteiger partial charge in [0.2, 0.25) is 0 Å². The second-order valence-electron chi connectivity index (χ2n) is 6.29. The van der Waals surface area contributed by atoms with E-state index in [1.807, 2.05) is 5.43 Å². The van der Waals surface area contributed by atoms with E-state index >= 15 is 0 Å². The number of ether oxygens (including phenoxy) is 2. The highest BCUT2D eigenvalue weighted by molar-refractivity contribution is 6.39. The lowest BCUT2D eigenvalue weighted by Gasteiger charge is -2.08. The van der Waals surface area contributed by atoms with Gasteiger partial charge in [-0.1, -0.05) is 24.3 Å². The van der Waals surface area contributed by atoms with Crippen LogP contribution in [0.1, 0.15) is 15.9 Å². The number of para-hydroxylation sites is 2. The Balaban J connectivity index is 1.62. The van der Waals surface area contributed by atoms with Gasteiger partial charge in [-0.3, -0.25) is 9.59 Å². The first-order chi connectivity index (χ1) is 15.5. The number of rotatable bonds is 6. The molecule has 3 aromatic carbocycles. The predicted molar refractivity (Wildman–Crippen MR) is 115 cm³/mol. The number of hydrazone groups is 1. The van der Waals surface area contributed by atoms with Crippen LogP contribution >= 0.6 is 0 Å². The van der Waals surface area contributed by atoms with Crippen LogP contribution in [0, 0.1) is 5.82 Å². The van der Waals surface area contributed by atoms with E-state index in [0.29, 0.717) is 16.9 Å². The molecule has 8 nitrogen and oxygen atoms in total. The molecule has 0 saturated heterocycles. The van der Waals surface area contributed by atoms with Crippen LogP contribution in [0.5, 0.6) is 11.5 Å². The van der Waals surface area contributed by atoms with Crippen molar-refractivity contribution < 1.29 is 28.2 Å². The number of nitrogens with one attached hydrogen (secondary N) is 2. The van der Waals surface area contributed by atoms with Gasteiger partial charge >= 0.3 is 17.8 Å². The van der Waals surface area contributed by atoms with E-state index < -0.39 is 23.6 Å². The number of anilines is 1. The molecule has 0 aliphatic carbocycles. The Morgan fingerprint density at radius 2 is 1.59 bits per heavy atom. The molecule has 0 unspecified atom stereocenters. The van der Waals surface area contributed by atoms with E-state index in [4.69, 9.17) is 9.47 Å². The largest absolute Gasteiger partial charge is 0.497 e. The highest BCUT2D eigenvalue weighted by Gasteiger charge is 2.15. The Morgan fingerprint density at radius 1 is 0.906 bits per heavy atom. The fourth-order valence-corrected chi connectivity index (χ4v) is 2.52. The van der Waals surface area contributed by atoms with Gasteiger partial charge in [0.05, 0.1) is 24.6 Å².